The van der Waals surface area contributed by atoms with Crippen molar-refractivity contribution in [2.75, 3.05) is 0 Å². The molecule has 0 heterocycles. The molecule has 6 nitrogen and oxygen atoms in total. The third-order valence-electron chi connectivity index (χ3n) is 1.96. The zero-order valence-corrected chi connectivity index (χ0v) is 10.8. The molecule has 0 aliphatic carbocycles. The van der Waals surface area contributed by atoms with Crippen LogP contribution in [0.5, 0.6) is 0 Å². The Kier molecular flexibility index (Phi) is 5.01. The molecule has 0 bridgehead atoms. The molecule has 0 aromatic heterocycles. The quantitative estimate of drug-likeness (QED) is 0.363. The highest BCUT2D eigenvalue weighted by Crippen LogP contribution is 2.40. The van der Waals surface area contributed by atoms with Crippen molar-refractivity contribution in [3.63, 3.8) is 0 Å². The van der Waals surface area contributed by atoms with E-state index >= 15 is 0 Å². The summed E-state index contributed by atoms with van der Waals surface area (Å²) >= 11 is 11.1. The zero-order chi connectivity index (χ0) is 15.5. The molecule has 1 atom stereocenters. The van der Waals surface area contributed by atoms with Crippen LogP contribution in [-0.2, 0) is 11.0 Å². The van der Waals surface area contributed by atoms with E-state index in [0.29, 0.717) is 12.1 Å². The summed E-state index contributed by atoms with van der Waals surface area (Å²) in [4.78, 5) is 19.6. The fourth-order valence-electron chi connectivity index (χ4n) is 1.06. The third kappa shape index (κ3) is 3.87. The van der Waals surface area contributed by atoms with Crippen molar-refractivity contribution < 1.29 is 22.9 Å². The van der Waals surface area contributed by atoms with Crippen LogP contribution >= 0.6 is 23.2 Å². The first-order valence-corrected chi connectivity index (χ1v) is 5.48. The fraction of sp³-hybridized carbons (Fsp3) is 0.222. The van der Waals surface area contributed by atoms with Crippen molar-refractivity contribution in [3.05, 3.63) is 37.9 Å². The standard InChI is InChI=1S/C9H4Cl2F3N3O3/c10-5-1-4(9(12,13)14)2-6(11)8(5)16-15-7(3-18)17(19)20/h1-3,7H. The van der Waals surface area contributed by atoms with E-state index in [1.165, 1.54) is 0 Å². The first kappa shape index (κ1) is 16.3. The number of rotatable bonds is 4. The summed E-state index contributed by atoms with van der Waals surface area (Å²) in [5.74, 6) is 0. The van der Waals surface area contributed by atoms with Gasteiger partial charge in [0, 0.05) is 0 Å². The molecule has 0 N–H and O–H groups in total. The van der Waals surface area contributed by atoms with Crippen molar-refractivity contribution in [1.82, 2.24) is 0 Å². The molecule has 0 saturated carbocycles. The zero-order valence-electron chi connectivity index (χ0n) is 9.27. The Bertz CT molecular complexity index is 554. The van der Waals surface area contributed by atoms with Crippen LogP contribution in [0.25, 0.3) is 0 Å². The molecular weight excluding hydrogens is 326 g/mol. The third-order valence-corrected chi connectivity index (χ3v) is 2.53. The fourth-order valence-corrected chi connectivity index (χ4v) is 1.62. The van der Waals surface area contributed by atoms with Gasteiger partial charge in [-0.2, -0.15) is 13.2 Å². The predicted molar refractivity (Wildman–Crippen MR) is 62.8 cm³/mol. The Morgan fingerprint density at radius 2 is 1.80 bits per heavy atom. The summed E-state index contributed by atoms with van der Waals surface area (Å²) in [6.45, 7) is 0. The Hall–Kier alpha value is -1.74. The van der Waals surface area contributed by atoms with Crippen molar-refractivity contribution in [1.29, 1.82) is 0 Å². The van der Waals surface area contributed by atoms with Crippen LogP contribution in [0, 0.1) is 10.1 Å². The summed E-state index contributed by atoms with van der Waals surface area (Å²) in [5.41, 5.74) is -1.50. The molecule has 0 fully saturated rings. The summed E-state index contributed by atoms with van der Waals surface area (Å²) in [6.07, 6.45) is -6.74. The summed E-state index contributed by atoms with van der Waals surface area (Å²) in [7, 11) is 0. The van der Waals surface area contributed by atoms with Gasteiger partial charge in [-0.25, -0.2) is 0 Å². The number of benzene rings is 1. The number of aldehydes is 1. The first-order chi connectivity index (χ1) is 9.16. The smallest absolute Gasteiger partial charge is 0.293 e. The first-order valence-electron chi connectivity index (χ1n) is 4.72. The number of carbonyl (C=O) groups excluding carboxylic acids is 1. The minimum Gasteiger partial charge on any atom is -0.293 e. The molecule has 0 saturated heterocycles. The van der Waals surface area contributed by atoms with Gasteiger partial charge in [0.05, 0.1) is 20.5 Å². The SMILES string of the molecule is O=CC(N=Nc1c(Cl)cc(C(F)(F)F)cc1Cl)[N+](=O)[O-]. The highest BCUT2D eigenvalue weighted by molar-refractivity contribution is 6.38. The van der Waals surface area contributed by atoms with Gasteiger partial charge in [0.25, 0.3) is 0 Å². The Morgan fingerprint density at radius 3 is 2.15 bits per heavy atom. The number of nitrogens with zero attached hydrogens (tertiary/aromatic N) is 3. The lowest BCUT2D eigenvalue weighted by molar-refractivity contribution is -0.504. The second-order valence-corrected chi connectivity index (χ2v) is 4.15. The van der Waals surface area contributed by atoms with Gasteiger partial charge in [-0.15, -0.1) is 10.2 Å². The van der Waals surface area contributed by atoms with Gasteiger partial charge in [0.15, 0.2) is 0 Å². The molecule has 108 valence electrons. The van der Waals surface area contributed by atoms with Crippen LogP contribution in [0.3, 0.4) is 0 Å². The summed E-state index contributed by atoms with van der Waals surface area (Å²) in [6, 6.07) is 1.09. The molecule has 0 aliphatic rings. The van der Waals surface area contributed by atoms with E-state index in [1.54, 1.807) is 0 Å². The van der Waals surface area contributed by atoms with Crippen molar-refractivity contribution in [2.24, 2.45) is 10.2 Å². The van der Waals surface area contributed by atoms with Crippen LogP contribution in [-0.4, -0.2) is 17.4 Å². The summed E-state index contributed by atoms with van der Waals surface area (Å²) < 4.78 is 37.3. The Morgan fingerprint density at radius 1 is 1.30 bits per heavy atom. The summed E-state index contributed by atoms with van der Waals surface area (Å²) in [5, 5.41) is 15.6. The second-order valence-electron chi connectivity index (χ2n) is 3.34. The van der Waals surface area contributed by atoms with Gasteiger partial charge >= 0.3 is 12.3 Å². The topological polar surface area (TPSA) is 84.9 Å². The van der Waals surface area contributed by atoms with E-state index in [4.69, 9.17) is 23.2 Å². The molecule has 20 heavy (non-hydrogen) atoms. The Labute approximate surface area is 119 Å². The number of nitro groups is 1. The molecule has 0 aliphatic heterocycles. The van der Waals surface area contributed by atoms with Crippen molar-refractivity contribution >= 4 is 35.2 Å². The molecular formula is C9H4Cl2F3N3O3. The van der Waals surface area contributed by atoms with Gasteiger partial charge in [0.2, 0.25) is 6.29 Å². The highest BCUT2D eigenvalue weighted by Gasteiger charge is 2.32. The predicted octanol–water partition coefficient (Wildman–Crippen LogP) is 3.90. The molecule has 0 spiro atoms. The van der Waals surface area contributed by atoms with Crippen LogP contribution in [0.15, 0.2) is 22.4 Å². The highest BCUT2D eigenvalue weighted by atomic mass is 35.5. The monoisotopic (exact) mass is 329 g/mol. The molecule has 1 aromatic rings. The van der Waals surface area contributed by atoms with Crippen LogP contribution < -0.4 is 0 Å². The molecule has 0 amide bonds. The maximum Gasteiger partial charge on any atom is 0.416 e. The lowest BCUT2D eigenvalue weighted by Crippen LogP contribution is -2.17. The van der Waals surface area contributed by atoms with E-state index < -0.39 is 38.6 Å². The number of hydrogen-bond donors (Lipinski definition) is 0. The lowest BCUT2D eigenvalue weighted by Gasteiger charge is -2.09. The van der Waals surface area contributed by atoms with Crippen molar-refractivity contribution in [3.8, 4) is 0 Å². The van der Waals surface area contributed by atoms with Crippen LogP contribution in [0.1, 0.15) is 5.56 Å². The lowest BCUT2D eigenvalue weighted by atomic mass is 10.2. The van der Waals surface area contributed by atoms with E-state index in [0.717, 1.165) is 0 Å². The maximum absolute atomic E-state index is 12.4. The minimum atomic E-state index is -4.66. The van der Waals surface area contributed by atoms with Gasteiger partial charge in [0.1, 0.15) is 5.69 Å². The van der Waals surface area contributed by atoms with Gasteiger partial charge in [-0.3, -0.25) is 14.9 Å². The number of hydrogen-bond acceptors (Lipinski definition) is 5. The minimum absolute atomic E-state index is 0.102. The van der Waals surface area contributed by atoms with E-state index in [2.05, 4.69) is 10.2 Å². The van der Waals surface area contributed by atoms with Crippen LogP contribution in [0.2, 0.25) is 10.0 Å². The number of halogens is 5. The molecule has 0 radical (unpaired) electrons. The molecule has 1 rings (SSSR count). The molecule has 1 unspecified atom stereocenters. The van der Waals surface area contributed by atoms with E-state index in [1.807, 2.05) is 0 Å². The number of alkyl halides is 3. The average Bonchev–Trinajstić information content (AvgIpc) is 2.30. The maximum atomic E-state index is 12.4. The van der Waals surface area contributed by atoms with E-state index in [-0.39, 0.29) is 6.29 Å². The van der Waals surface area contributed by atoms with Gasteiger partial charge < -0.3 is 0 Å². The molecule has 11 heteroatoms. The average molecular weight is 330 g/mol. The van der Waals surface area contributed by atoms with Gasteiger partial charge in [-0.05, 0) is 12.1 Å². The van der Waals surface area contributed by atoms with Crippen molar-refractivity contribution in [2.45, 2.75) is 12.3 Å². The molecule has 1 aromatic carbocycles. The Balaban J connectivity index is 3.18. The number of carbonyl (C=O) groups is 1. The normalized spacial score (nSPS) is 13.4. The van der Waals surface area contributed by atoms with E-state index in [9.17, 15) is 28.1 Å². The largest absolute Gasteiger partial charge is 0.416 e. The van der Waals surface area contributed by atoms with Gasteiger partial charge in [-0.1, -0.05) is 23.2 Å². The number of azo groups is 1. The second kappa shape index (κ2) is 6.14. The van der Waals surface area contributed by atoms with Crippen LogP contribution in [0.4, 0.5) is 18.9 Å².